The Kier molecular flexibility index (Phi) is 5.57. The standard InChI is InChI=1S/C26H26N2O/c1-4-18(3)24-12-9-21(17-28-24)26-15-22-14-20(8-13-25(22)29-26)7-11-23-10-6-19(5-2)16-27-23/h6,8-10,12-17H,3-5,7,11H2,1-2H3. The second-order valence-electron chi connectivity index (χ2n) is 7.38. The van der Waals surface area contributed by atoms with Crippen molar-refractivity contribution in [1.82, 2.24) is 9.97 Å². The zero-order valence-electron chi connectivity index (χ0n) is 17.1. The smallest absolute Gasteiger partial charge is 0.136 e. The first-order chi connectivity index (χ1) is 14.2. The fourth-order valence-corrected chi connectivity index (χ4v) is 3.41. The van der Waals surface area contributed by atoms with Crippen molar-refractivity contribution in [3.05, 3.63) is 90.0 Å². The molecular weight excluding hydrogens is 356 g/mol. The molecule has 0 saturated carbocycles. The van der Waals surface area contributed by atoms with Gasteiger partial charge in [0.2, 0.25) is 0 Å². The molecular formula is C26H26N2O. The van der Waals surface area contributed by atoms with Gasteiger partial charge in [0.15, 0.2) is 0 Å². The predicted molar refractivity (Wildman–Crippen MR) is 120 cm³/mol. The van der Waals surface area contributed by atoms with Crippen molar-refractivity contribution in [2.75, 3.05) is 0 Å². The number of nitrogens with zero attached hydrogens (tertiary/aromatic N) is 2. The molecule has 0 aliphatic heterocycles. The lowest BCUT2D eigenvalue weighted by Gasteiger charge is -2.03. The quantitative estimate of drug-likeness (QED) is 0.359. The van der Waals surface area contributed by atoms with Gasteiger partial charge in [-0.1, -0.05) is 32.6 Å². The molecule has 0 unspecified atom stereocenters. The lowest BCUT2D eigenvalue weighted by Crippen LogP contribution is -1.95. The van der Waals surface area contributed by atoms with E-state index in [1.165, 1.54) is 11.1 Å². The summed E-state index contributed by atoms with van der Waals surface area (Å²) in [5, 5.41) is 1.12. The molecule has 0 amide bonds. The Morgan fingerprint density at radius 2 is 1.76 bits per heavy atom. The van der Waals surface area contributed by atoms with Crippen molar-refractivity contribution < 1.29 is 4.42 Å². The predicted octanol–water partition coefficient (Wildman–Crippen LogP) is 6.66. The van der Waals surface area contributed by atoms with Gasteiger partial charge in [-0.05, 0) is 78.8 Å². The number of hydrogen-bond donors (Lipinski definition) is 0. The van der Waals surface area contributed by atoms with Gasteiger partial charge in [-0.2, -0.15) is 0 Å². The third-order valence-corrected chi connectivity index (χ3v) is 5.38. The van der Waals surface area contributed by atoms with Gasteiger partial charge in [0.25, 0.3) is 0 Å². The molecule has 0 aliphatic rings. The molecule has 3 nitrogen and oxygen atoms in total. The van der Waals surface area contributed by atoms with E-state index in [2.05, 4.69) is 66.8 Å². The van der Waals surface area contributed by atoms with E-state index in [0.717, 1.165) is 64.9 Å². The van der Waals surface area contributed by atoms with Crippen LogP contribution in [0.5, 0.6) is 0 Å². The SMILES string of the molecule is C=C(CC)c1ccc(-c2cc3cc(CCc4ccc(CC)cn4)ccc3o2)cn1. The minimum Gasteiger partial charge on any atom is -0.456 e. The first-order valence-corrected chi connectivity index (χ1v) is 10.3. The van der Waals surface area contributed by atoms with Crippen LogP contribution in [0.2, 0.25) is 0 Å². The van der Waals surface area contributed by atoms with Crippen LogP contribution >= 0.6 is 0 Å². The van der Waals surface area contributed by atoms with E-state index in [4.69, 9.17) is 4.42 Å². The molecule has 0 saturated heterocycles. The van der Waals surface area contributed by atoms with Crippen LogP contribution < -0.4 is 0 Å². The Bertz CT molecular complexity index is 1120. The molecule has 29 heavy (non-hydrogen) atoms. The summed E-state index contributed by atoms with van der Waals surface area (Å²) in [4.78, 5) is 9.09. The van der Waals surface area contributed by atoms with Gasteiger partial charge in [0, 0.05) is 29.0 Å². The highest BCUT2D eigenvalue weighted by Crippen LogP contribution is 2.29. The molecule has 0 bridgehead atoms. The summed E-state index contributed by atoms with van der Waals surface area (Å²) in [5.41, 5.74) is 7.57. The van der Waals surface area contributed by atoms with Crippen molar-refractivity contribution >= 4 is 16.5 Å². The van der Waals surface area contributed by atoms with Crippen molar-refractivity contribution in [3.8, 4) is 11.3 Å². The van der Waals surface area contributed by atoms with E-state index >= 15 is 0 Å². The molecule has 0 spiro atoms. The van der Waals surface area contributed by atoms with Crippen LogP contribution in [0.15, 0.2) is 71.9 Å². The molecule has 0 N–H and O–H groups in total. The van der Waals surface area contributed by atoms with E-state index in [1.54, 1.807) is 0 Å². The number of fused-ring (bicyclic) bond motifs is 1. The van der Waals surface area contributed by atoms with E-state index in [1.807, 2.05) is 24.5 Å². The summed E-state index contributed by atoms with van der Waals surface area (Å²) in [6, 6.07) is 16.9. The van der Waals surface area contributed by atoms with E-state index in [0.29, 0.717) is 0 Å². The summed E-state index contributed by atoms with van der Waals surface area (Å²) < 4.78 is 6.05. The molecule has 0 atom stereocenters. The summed E-state index contributed by atoms with van der Waals surface area (Å²) in [6.45, 7) is 8.29. The van der Waals surface area contributed by atoms with E-state index < -0.39 is 0 Å². The van der Waals surface area contributed by atoms with Crippen molar-refractivity contribution in [1.29, 1.82) is 0 Å². The van der Waals surface area contributed by atoms with Gasteiger partial charge in [-0.25, -0.2) is 0 Å². The Morgan fingerprint density at radius 3 is 2.45 bits per heavy atom. The van der Waals surface area contributed by atoms with Crippen LogP contribution in [0.25, 0.3) is 27.9 Å². The monoisotopic (exact) mass is 382 g/mol. The molecule has 146 valence electrons. The fourth-order valence-electron chi connectivity index (χ4n) is 3.41. The number of allylic oxidation sites excluding steroid dienone is 1. The molecule has 1 aromatic carbocycles. The average molecular weight is 383 g/mol. The van der Waals surface area contributed by atoms with Gasteiger partial charge < -0.3 is 4.42 Å². The molecule has 3 heteroatoms. The molecule has 0 radical (unpaired) electrons. The second kappa shape index (κ2) is 8.44. The first-order valence-electron chi connectivity index (χ1n) is 10.3. The first kappa shape index (κ1) is 19.1. The molecule has 3 aromatic heterocycles. The van der Waals surface area contributed by atoms with Gasteiger partial charge >= 0.3 is 0 Å². The Hall–Kier alpha value is -3.20. The fraction of sp³-hybridized carbons (Fsp3) is 0.231. The van der Waals surface area contributed by atoms with Crippen LogP contribution in [0.3, 0.4) is 0 Å². The second-order valence-corrected chi connectivity index (χ2v) is 7.38. The largest absolute Gasteiger partial charge is 0.456 e. The lowest BCUT2D eigenvalue weighted by atomic mass is 10.1. The highest BCUT2D eigenvalue weighted by Gasteiger charge is 2.09. The van der Waals surface area contributed by atoms with Crippen LogP contribution in [-0.4, -0.2) is 9.97 Å². The number of benzene rings is 1. The summed E-state index contributed by atoms with van der Waals surface area (Å²) in [6.07, 6.45) is 7.67. The number of rotatable bonds is 7. The minimum absolute atomic E-state index is 0.843. The average Bonchev–Trinajstić information content (AvgIpc) is 3.21. The van der Waals surface area contributed by atoms with Gasteiger partial charge in [-0.3, -0.25) is 9.97 Å². The number of aryl methyl sites for hydroxylation is 3. The summed E-state index contributed by atoms with van der Waals surface area (Å²) in [7, 11) is 0. The van der Waals surface area contributed by atoms with Crippen molar-refractivity contribution in [2.24, 2.45) is 0 Å². The Labute approximate surface area is 172 Å². The third kappa shape index (κ3) is 4.29. The topological polar surface area (TPSA) is 38.9 Å². The van der Waals surface area contributed by atoms with Gasteiger partial charge in [0.05, 0.1) is 5.69 Å². The minimum atomic E-state index is 0.843. The summed E-state index contributed by atoms with van der Waals surface area (Å²) >= 11 is 0. The van der Waals surface area contributed by atoms with Crippen molar-refractivity contribution in [2.45, 2.75) is 39.5 Å². The number of furan rings is 1. The molecule has 0 aliphatic carbocycles. The molecule has 4 aromatic rings. The van der Waals surface area contributed by atoms with Crippen LogP contribution in [0.1, 0.15) is 42.8 Å². The maximum atomic E-state index is 6.05. The number of pyridine rings is 2. The van der Waals surface area contributed by atoms with Gasteiger partial charge in [-0.15, -0.1) is 0 Å². The third-order valence-electron chi connectivity index (χ3n) is 5.38. The maximum absolute atomic E-state index is 6.05. The van der Waals surface area contributed by atoms with Crippen molar-refractivity contribution in [3.63, 3.8) is 0 Å². The van der Waals surface area contributed by atoms with Gasteiger partial charge in [0.1, 0.15) is 11.3 Å². The highest BCUT2D eigenvalue weighted by molar-refractivity contribution is 5.83. The normalized spacial score (nSPS) is 11.1. The molecule has 3 heterocycles. The number of aromatic nitrogens is 2. The van der Waals surface area contributed by atoms with E-state index in [-0.39, 0.29) is 0 Å². The molecule has 4 rings (SSSR count). The zero-order valence-corrected chi connectivity index (χ0v) is 17.1. The Morgan fingerprint density at radius 1 is 0.897 bits per heavy atom. The van der Waals surface area contributed by atoms with Crippen LogP contribution in [0.4, 0.5) is 0 Å². The number of hydrogen-bond acceptors (Lipinski definition) is 3. The zero-order chi connectivity index (χ0) is 20.2. The maximum Gasteiger partial charge on any atom is 0.136 e. The lowest BCUT2D eigenvalue weighted by molar-refractivity contribution is 0.631. The summed E-state index contributed by atoms with van der Waals surface area (Å²) in [5.74, 6) is 0.843. The van der Waals surface area contributed by atoms with E-state index in [9.17, 15) is 0 Å². The Balaban J connectivity index is 1.50. The molecule has 0 fully saturated rings. The van der Waals surface area contributed by atoms with Crippen LogP contribution in [0, 0.1) is 0 Å². The van der Waals surface area contributed by atoms with Crippen LogP contribution in [-0.2, 0) is 19.3 Å². The highest BCUT2D eigenvalue weighted by atomic mass is 16.3.